The van der Waals surface area contributed by atoms with Crippen LogP contribution < -0.4 is 10.6 Å². The normalized spacial score (nSPS) is 22.2. The van der Waals surface area contributed by atoms with Crippen LogP contribution in [-0.4, -0.2) is 36.3 Å². The predicted octanol–water partition coefficient (Wildman–Crippen LogP) is 3.11. The lowest BCUT2D eigenvalue weighted by molar-refractivity contribution is 0.120. The zero-order chi connectivity index (χ0) is 17.4. The Bertz CT molecular complexity index is 505. The maximum Gasteiger partial charge on any atom is 0.191 e. The fourth-order valence-electron chi connectivity index (χ4n) is 3.23. The average Bonchev–Trinajstić information content (AvgIpc) is 2.55. The lowest BCUT2D eigenvalue weighted by Gasteiger charge is -2.28. The van der Waals surface area contributed by atoms with Crippen LogP contribution in [0.25, 0.3) is 0 Å². The van der Waals surface area contributed by atoms with Crippen molar-refractivity contribution in [1.82, 2.24) is 10.6 Å². The molecule has 0 aliphatic heterocycles. The smallest absolute Gasteiger partial charge is 0.191 e. The zero-order valence-electron chi connectivity index (χ0n) is 15.4. The molecule has 0 saturated heterocycles. The Morgan fingerprint density at radius 1 is 1.17 bits per heavy atom. The first-order valence-electron chi connectivity index (χ1n) is 9.25. The summed E-state index contributed by atoms with van der Waals surface area (Å²) in [6, 6.07) is 11.0. The second-order valence-corrected chi connectivity index (χ2v) is 7.67. The number of aliphatic imine (C=N–C) groups is 1. The van der Waals surface area contributed by atoms with Gasteiger partial charge < -0.3 is 15.7 Å². The summed E-state index contributed by atoms with van der Waals surface area (Å²) >= 11 is 0. The molecule has 0 radical (unpaired) electrons. The molecule has 4 nitrogen and oxygen atoms in total. The molecule has 1 fully saturated rings. The second-order valence-electron chi connectivity index (χ2n) is 7.67. The molecule has 0 unspecified atom stereocenters. The number of rotatable bonds is 6. The maximum atomic E-state index is 9.64. The molecular formula is C20H33N3O. The van der Waals surface area contributed by atoms with Gasteiger partial charge in [-0.2, -0.15) is 0 Å². The van der Waals surface area contributed by atoms with E-state index in [0.717, 1.165) is 51.2 Å². The van der Waals surface area contributed by atoms with Crippen molar-refractivity contribution in [3.63, 3.8) is 0 Å². The van der Waals surface area contributed by atoms with E-state index in [1.54, 1.807) is 0 Å². The monoisotopic (exact) mass is 331 g/mol. The van der Waals surface area contributed by atoms with Crippen LogP contribution in [0.5, 0.6) is 0 Å². The molecule has 0 bridgehead atoms. The SMILES string of the molecule is CCNC(=NCC(C)(C)Cc1ccccc1)NC1CCC(O)CC1. The first kappa shape index (κ1) is 18.8. The molecule has 1 aliphatic rings. The quantitative estimate of drug-likeness (QED) is 0.554. The lowest BCUT2D eigenvalue weighted by atomic mass is 9.86. The van der Waals surface area contributed by atoms with Crippen LogP contribution in [0.3, 0.4) is 0 Å². The minimum atomic E-state index is -0.118. The molecular weight excluding hydrogens is 298 g/mol. The van der Waals surface area contributed by atoms with Gasteiger partial charge in [-0.1, -0.05) is 44.2 Å². The molecule has 0 heterocycles. The Labute approximate surface area is 146 Å². The van der Waals surface area contributed by atoms with Crippen molar-refractivity contribution in [3.8, 4) is 0 Å². The van der Waals surface area contributed by atoms with E-state index >= 15 is 0 Å². The van der Waals surface area contributed by atoms with Crippen molar-refractivity contribution in [2.45, 2.75) is 65.0 Å². The van der Waals surface area contributed by atoms with Gasteiger partial charge in [-0.25, -0.2) is 0 Å². The third kappa shape index (κ3) is 6.52. The minimum Gasteiger partial charge on any atom is -0.393 e. The van der Waals surface area contributed by atoms with E-state index < -0.39 is 0 Å². The van der Waals surface area contributed by atoms with Gasteiger partial charge in [-0.15, -0.1) is 0 Å². The molecule has 4 heteroatoms. The molecule has 0 aromatic heterocycles. The van der Waals surface area contributed by atoms with Crippen molar-refractivity contribution in [3.05, 3.63) is 35.9 Å². The van der Waals surface area contributed by atoms with E-state index in [-0.39, 0.29) is 11.5 Å². The molecule has 24 heavy (non-hydrogen) atoms. The predicted molar refractivity (Wildman–Crippen MR) is 101 cm³/mol. The number of guanidine groups is 1. The van der Waals surface area contributed by atoms with Crippen molar-refractivity contribution in [2.24, 2.45) is 10.4 Å². The Hall–Kier alpha value is -1.55. The molecule has 134 valence electrons. The maximum absolute atomic E-state index is 9.64. The Balaban J connectivity index is 1.91. The van der Waals surface area contributed by atoms with Crippen LogP contribution in [0.15, 0.2) is 35.3 Å². The molecule has 3 N–H and O–H groups in total. The summed E-state index contributed by atoms with van der Waals surface area (Å²) in [6.07, 6.45) is 4.70. The summed E-state index contributed by atoms with van der Waals surface area (Å²) < 4.78 is 0. The highest BCUT2D eigenvalue weighted by molar-refractivity contribution is 5.80. The lowest BCUT2D eigenvalue weighted by Crippen LogP contribution is -2.45. The number of hydrogen-bond donors (Lipinski definition) is 3. The Morgan fingerprint density at radius 2 is 1.83 bits per heavy atom. The Morgan fingerprint density at radius 3 is 2.46 bits per heavy atom. The molecule has 0 amide bonds. The molecule has 0 spiro atoms. The molecule has 1 aliphatic carbocycles. The van der Waals surface area contributed by atoms with Crippen LogP contribution in [-0.2, 0) is 6.42 Å². The van der Waals surface area contributed by atoms with Crippen molar-refractivity contribution < 1.29 is 5.11 Å². The molecule has 1 aromatic carbocycles. The summed E-state index contributed by atoms with van der Waals surface area (Å²) in [5, 5.41) is 16.5. The van der Waals surface area contributed by atoms with Crippen LogP contribution in [0.1, 0.15) is 52.0 Å². The summed E-state index contributed by atoms with van der Waals surface area (Å²) in [5.41, 5.74) is 1.48. The third-order valence-electron chi connectivity index (χ3n) is 4.57. The Kier molecular flexibility index (Phi) is 7.10. The highest BCUT2D eigenvalue weighted by Gasteiger charge is 2.21. The number of aliphatic hydroxyl groups excluding tert-OH is 1. The standard InChI is InChI=1S/C20H33N3O/c1-4-21-19(23-17-10-12-18(24)13-11-17)22-15-20(2,3)14-16-8-6-5-7-9-16/h5-9,17-18,24H,4,10-15H2,1-3H3,(H2,21,22,23). The number of hydrogen-bond acceptors (Lipinski definition) is 2. The average molecular weight is 332 g/mol. The van der Waals surface area contributed by atoms with Gasteiger partial charge in [0.25, 0.3) is 0 Å². The molecule has 1 aromatic rings. The van der Waals surface area contributed by atoms with Gasteiger partial charge >= 0.3 is 0 Å². The summed E-state index contributed by atoms with van der Waals surface area (Å²) in [5.74, 6) is 0.903. The topological polar surface area (TPSA) is 56.7 Å². The van der Waals surface area contributed by atoms with Gasteiger partial charge in [0, 0.05) is 19.1 Å². The fraction of sp³-hybridized carbons (Fsp3) is 0.650. The summed E-state index contributed by atoms with van der Waals surface area (Å²) in [7, 11) is 0. The second kappa shape index (κ2) is 9.07. The van der Waals surface area contributed by atoms with Gasteiger partial charge in [0.15, 0.2) is 5.96 Å². The highest BCUT2D eigenvalue weighted by atomic mass is 16.3. The first-order chi connectivity index (χ1) is 11.5. The number of nitrogens with one attached hydrogen (secondary N) is 2. The largest absolute Gasteiger partial charge is 0.393 e. The van der Waals surface area contributed by atoms with Crippen LogP contribution in [0.4, 0.5) is 0 Å². The first-order valence-corrected chi connectivity index (χ1v) is 9.25. The number of benzene rings is 1. The van der Waals surface area contributed by atoms with E-state index in [9.17, 15) is 5.11 Å². The van der Waals surface area contributed by atoms with Gasteiger partial charge in [0.05, 0.1) is 6.10 Å². The van der Waals surface area contributed by atoms with E-state index in [1.807, 2.05) is 0 Å². The van der Waals surface area contributed by atoms with Crippen molar-refractivity contribution in [1.29, 1.82) is 0 Å². The van der Waals surface area contributed by atoms with Gasteiger partial charge in [0.1, 0.15) is 0 Å². The highest BCUT2D eigenvalue weighted by Crippen LogP contribution is 2.22. The van der Waals surface area contributed by atoms with Gasteiger partial charge in [0.2, 0.25) is 0 Å². The number of nitrogens with zero attached hydrogens (tertiary/aromatic N) is 1. The zero-order valence-corrected chi connectivity index (χ0v) is 15.4. The van der Waals surface area contributed by atoms with Crippen LogP contribution in [0.2, 0.25) is 0 Å². The van der Waals surface area contributed by atoms with E-state index in [4.69, 9.17) is 4.99 Å². The van der Waals surface area contributed by atoms with Gasteiger partial charge in [-0.3, -0.25) is 4.99 Å². The fourth-order valence-corrected chi connectivity index (χ4v) is 3.23. The van der Waals surface area contributed by atoms with Crippen LogP contribution in [0, 0.1) is 5.41 Å². The van der Waals surface area contributed by atoms with E-state index in [1.165, 1.54) is 5.56 Å². The summed E-state index contributed by atoms with van der Waals surface area (Å²) in [4.78, 5) is 4.83. The summed E-state index contributed by atoms with van der Waals surface area (Å²) in [6.45, 7) is 8.28. The molecule has 0 atom stereocenters. The van der Waals surface area contributed by atoms with E-state index in [2.05, 4.69) is 61.7 Å². The minimum absolute atomic E-state index is 0.118. The molecule has 2 rings (SSSR count). The third-order valence-corrected chi connectivity index (χ3v) is 4.57. The molecule has 1 saturated carbocycles. The number of aliphatic hydroxyl groups is 1. The van der Waals surface area contributed by atoms with E-state index in [0.29, 0.717) is 6.04 Å². The van der Waals surface area contributed by atoms with Crippen LogP contribution >= 0.6 is 0 Å². The van der Waals surface area contributed by atoms with Gasteiger partial charge in [-0.05, 0) is 50.0 Å². The van der Waals surface area contributed by atoms with Crippen molar-refractivity contribution >= 4 is 5.96 Å². The van der Waals surface area contributed by atoms with Crippen molar-refractivity contribution in [2.75, 3.05) is 13.1 Å².